The summed E-state index contributed by atoms with van der Waals surface area (Å²) < 4.78 is 0.988. The molecule has 2 aromatic rings. The van der Waals surface area contributed by atoms with Crippen LogP contribution in [-0.2, 0) is 16.1 Å². The molecule has 1 amide bonds. The van der Waals surface area contributed by atoms with E-state index in [1.807, 2.05) is 6.26 Å². The summed E-state index contributed by atoms with van der Waals surface area (Å²) in [6, 6.07) is 8.83. The molecule has 1 aromatic heterocycles. The van der Waals surface area contributed by atoms with Gasteiger partial charge in [0.25, 0.3) is 5.56 Å². The number of carboxylic acids is 1. The predicted octanol–water partition coefficient (Wildman–Crippen LogP) is 1.89. The zero-order valence-corrected chi connectivity index (χ0v) is 15.6. The Morgan fingerprint density at radius 1 is 1.31 bits per heavy atom. The molecule has 26 heavy (non-hydrogen) atoms. The van der Waals surface area contributed by atoms with Crippen LogP contribution in [0.4, 0.5) is 0 Å². The first kappa shape index (κ1) is 20.0. The van der Waals surface area contributed by atoms with E-state index in [1.54, 1.807) is 24.3 Å². The number of nitrogens with zero attached hydrogens (tertiary/aromatic N) is 2. The van der Waals surface area contributed by atoms with E-state index in [2.05, 4.69) is 10.4 Å². The zero-order chi connectivity index (χ0) is 19.1. The highest BCUT2D eigenvalue weighted by molar-refractivity contribution is 7.98. The van der Waals surface area contributed by atoms with Gasteiger partial charge in [0.15, 0.2) is 0 Å². The van der Waals surface area contributed by atoms with Gasteiger partial charge in [-0.1, -0.05) is 29.8 Å². The number of hydrogen-bond acceptors (Lipinski definition) is 5. The molecule has 0 saturated carbocycles. The molecule has 0 radical (unpaired) electrons. The first-order chi connectivity index (χ1) is 12.4. The van der Waals surface area contributed by atoms with Crippen LogP contribution in [0, 0.1) is 0 Å². The molecule has 2 rings (SSSR count). The number of carbonyl (C=O) groups excluding carboxylic acids is 1. The molecule has 0 saturated heterocycles. The average molecular weight is 396 g/mol. The normalized spacial score (nSPS) is 11.8. The van der Waals surface area contributed by atoms with Crippen LogP contribution in [0.1, 0.15) is 6.42 Å². The van der Waals surface area contributed by atoms with Crippen LogP contribution >= 0.6 is 23.4 Å². The molecule has 0 unspecified atom stereocenters. The van der Waals surface area contributed by atoms with E-state index >= 15 is 0 Å². The minimum absolute atomic E-state index is 0.296. The van der Waals surface area contributed by atoms with Crippen LogP contribution in [0.25, 0.3) is 11.3 Å². The van der Waals surface area contributed by atoms with Gasteiger partial charge in [0, 0.05) is 11.6 Å². The quantitative estimate of drug-likeness (QED) is 0.707. The molecular weight excluding hydrogens is 378 g/mol. The molecule has 138 valence electrons. The van der Waals surface area contributed by atoms with Crippen LogP contribution in [0.2, 0.25) is 5.02 Å². The van der Waals surface area contributed by atoms with Gasteiger partial charge < -0.3 is 10.4 Å². The standard InChI is InChI=1S/C17H18ClN3O4S/c1-26-9-8-14(17(24)25)19-15(22)10-21-16(23)7-6-13(20-21)11-4-2-3-5-12(11)18/h2-7,14H,8-10H2,1H3,(H,19,22)(H,24,25)/t14-/m1/s1. The second-order valence-corrected chi connectivity index (χ2v) is 6.83. The minimum atomic E-state index is -1.11. The maximum atomic E-state index is 12.2. The molecule has 0 aliphatic rings. The summed E-state index contributed by atoms with van der Waals surface area (Å²) in [5.41, 5.74) is 0.610. The van der Waals surface area contributed by atoms with E-state index in [4.69, 9.17) is 16.7 Å². The van der Waals surface area contributed by atoms with Crippen molar-refractivity contribution in [3.05, 3.63) is 51.8 Å². The number of benzene rings is 1. The lowest BCUT2D eigenvalue weighted by Crippen LogP contribution is -2.44. The predicted molar refractivity (Wildman–Crippen MR) is 102 cm³/mol. The lowest BCUT2D eigenvalue weighted by molar-refractivity contribution is -0.142. The summed E-state index contributed by atoms with van der Waals surface area (Å²) in [6.45, 7) is -0.375. The Morgan fingerprint density at radius 3 is 2.69 bits per heavy atom. The summed E-state index contributed by atoms with van der Waals surface area (Å²) in [6.07, 6.45) is 2.15. The fourth-order valence-corrected chi connectivity index (χ4v) is 2.95. The van der Waals surface area contributed by atoms with Crippen molar-refractivity contribution in [1.82, 2.24) is 15.1 Å². The molecule has 1 aromatic carbocycles. The Labute approximate surface area is 159 Å². The van der Waals surface area contributed by atoms with Crippen LogP contribution in [0.15, 0.2) is 41.2 Å². The number of aliphatic carboxylic acids is 1. The molecule has 0 bridgehead atoms. The van der Waals surface area contributed by atoms with Crippen LogP contribution < -0.4 is 10.9 Å². The van der Waals surface area contributed by atoms with Crippen molar-refractivity contribution >= 4 is 35.2 Å². The van der Waals surface area contributed by atoms with E-state index in [0.29, 0.717) is 28.5 Å². The van der Waals surface area contributed by atoms with Crippen molar-refractivity contribution < 1.29 is 14.7 Å². The smallest absolute Gasteiger partial charge is 0.326 e. The third kappa shape index (κ3) is 5.34. The average Bonchev–Trinajstić information content (AvgIpc) is 2.61. The first-order valence-corrected chi connectivity index (χ1v) is 9.53. The molecule has 0 fully saturated rings. The molecule has 1 heterocycles. The SMILES string of the molecule is CSCC[C@@H](NC(=O)Cn1nc(-c2ccccc2Cl)ccc1=O)C(=O)O. The summed E-state index contributed by atoms with van der Waals surface area (Å²) in [5.74, 6) is -1.11. The van der Waals surface area contributed by atoms with E-state index in [9.17, 15) is 14.4 Å². The van der Waals surface area contributed by atoms with Gasteiger partial charge in [-0.2, -0.15) is 16.9 Å². The fraction of sp³-hybridized carbons (Fsp3) is 0.294. The molecular formula is C17H18ClN3O4S. The van der Waals surface area contributed by atoms with Crippen LogP contribution in [-0.4, -0.2) is 44.8 Å². The van der Waals surface area contributed by atoms with Crippen molar-refractivity contribution in [2.24, 2.45) is 0 Å². The Kier molecular flexibility index (Phi) is 7.23. The number of carboxylic acid groups (broad SMARTS) is 1. The molecule has 0 aliphatic heterocycles. The van der Waals surface area contributed by atoms with Crippen molar-refractivity contribution in [2.75, 3.05) is 12.0 Å². The van der Waals surface area contributed by atoms with E-state index in [1.165, 1.54) is 23.9 Å². The number of rotatable bonds is 8. The number of aromatic nitrogens is 2. The molecule has 0 aliphatic carbocycles. The monoisotopic (exact) mass is 395 g/mol. The summed E-state index contributed by atoms with van der Waals surface area (Å²) in [7, 11) is 0. The molecule has 2 N–H and O–H groups in total. The van der Waals surface area contributed by atoms with Gasteiger partial charge in [-0.05, 0) is 30.6 Å². The Bertz CT molecular complexity index is 856. The summed E-state index contributed by atoms with van der Waals surface area (Å²) in [4.78, 5) is 35.3. The summed E-state index contributed by atoms with van der Waals surface area (Å²) >= 11 is 7.62. The Hall–Kier alpha value is -2.32. The van der Waals surface area contributed by atoms with Crippen molar-refractivity contribution in [3.63, 3.8) is 0 Å². The van der Waals surface area contributed by atoms with Crippen molar-refractivity contribution in [3.8, 4) is 11.3 Å². The second kappa shape index (κ2) is 9.40. The van der Waals surface area contributed by atoms with Gasteiger partial charge in [0.2, 0.25) is 5.91 Å². The topological polar surface area (TPSA) is 101 Å². The number of halogens is 1. The van der Waals surface area contributed by atoms with Gasteiger partial charge in [-0.3, -0.25) is 9.59 Å². The lowest BCUT2D eigenvalue weighted by Gasteiger charge is -2.14. The maximum absolute atomic E-state index is 12.2. The minimum Gasteiger partial charge on any atom is -0.480 e. The lowest BCUT2D eigenvalue weighted by atomic mass is 10.1. The van der Waals surface area contributed by atoms with Gasteiger partial charge in [-0.25, -0.2) is 9.48 Å². The highest BCUT2D eigenvalue weighted by atomic mass is 35.5. The van der Waals surface area contributed by atoms with E-state index in [-0.39, 0.29) is 6.54 Å². The van der Waals surface area contributed by atoms with E-state index in [0.717, 1.165) is 4.68 Å². The largest absolute Gasteiger partial charge is 0.480 e. The van der Waals surface area contributed by atoms with E-state index < -0.39 is 23.5 Å². The Balaban J connectivity index is 2.17. The second-order valence-electron chi connectivity index (χ2n) is 5.43. The van der Waals surface area contributed by atoms with Crippen LogP contribution in [0.3, 0.4) is 0 Å². The number of amides is 1. The van der Waals surface area contributed by atoms with Gasteiger partial charge in [0.1, 0.15) is 12.6 Å². The van der Waals surface area contributed by atoms with Gasteiger partial charge in [0.05, 0.1) is 10.7 Å². The fourth-order valence-electron chi connectivity index (χ4n) is 2.24. The molecule has 0 spiro atoms. The van der Waals surface area contributed by atoms with Crippen molar-refractivity contribution in [1.29, 1.82) is 0 Å². The van der Waals surface area contributed by atoms with Gasteiger partial charge in [-0.15, -0.1) is 0 Å². The number of nitrogens with one attached hydrogen (secondary N) is 1. The molecule has 1 atom stereocenters. The molecule has 9 heteroatoms. The number of carbonyl (C=O) groups is 2. The highest BCUT2D eigenvalue weighted by Crippen LogP contribution is 2.24. The highest BCUT2D eigenvalue weighted by Gasteiger charge is 2.20. The zero-order valence-electron chi connectivity index (χ0n) is 14.0. The number of hydrogen-bond donors (Lipinski definition) is 2. The maximum Gasteiger partial charge on any atom is 0.326 e. The van der Waals surface area contributed by atoms with Crippen LogP contribution in [0.5, 0.6) is 0 Å². The third-order valence-corrected chi connectivity index (χ3v) is 4.53. The van der Waals surface area contributed by atoms with Crippen molar-refractivity contribution in [2.45, 2.75) is 19.0 Å². The number of thioether (sulfide) groups is 1. The third-order valence-electron chi connectivity index (χ3n) is 3.55. The first-order valence-electron chi connectivity index (χ1n) is 7.76. The Morgan fingerprint density at radius 2 is 2.04 bits per heavy atom. The molecule has 7 nitrogen and oxygen atoms in total. The van der Waals surface area contributed by atoms with Gasteiger partial charge >= 0.3 is 5.97 Å². The summed E-state index contributed by atoms with van der Waals surface area (Å²) in [5, 5.41) is 16.2.